The summed E-state index contributed by atoms with van der Waals surface area (Å²) in [6.45, 7) is 8.63. The number of aldehydes is 1. The van der Waals surface area contributed by atoms with E-state index in [9.17, 15) is 4.79 Å². The zero-order chi connectivity index (χ0) is 11.7. The van der Waals surface area contributed by atoms with E-state index < -0.39 is 0 Å². The summed E-state index contributed by atoms with van der Waals surface area (Å²) < 4.78 is 0. The number of carbonyl (C=O) groups excluding carboxylic acids is 1. The molecule has 2 unspecified atom stereocenters. The molecular formula is C12H18N2OS. The van der Waals surface area contributed by atoms with Gasteiger partial charge in [-0.3, -0.25) is 4.79 Å². The van der Waals surface area contributed by atoms with Crippen LogP contribution in [-0.4, -0.2) is 24.4 Å². The SMILES string of the molecule is Cc1nc(N2CCC(C)C(C)C2)sc1C=O. The number of rotatable bonds is 2. The number of aromatic nitrogens is 1. The van der Waals surface area contributed by atoms with E-state index in [0.717, 1.165) is 41.0 Å². The molecule has 0 saturated carbocycles. The Hall–Kier alpha value is -0.900. The molecule has 1 aromatic rings. The Bertz CT molecular complexity index is 388. The highest BCUT2D eigenvalue weighted by Crippen LogP contribution is 2.30. The topological polar surface area (TPSA) is 33.2 Å². The van der Waals surface area contributed by atoms with Crippen LogP contribution in [0.4, 0.5) is 5.13 Å². The number of piperidine rings is 1. The van der Waals surface area contributed by atoms with Gasteiger partial charge in [0.15, 0.2) is 11.4 Å². The fraction of sp³-hybridized carbons (Fsp3) is 0.667. The van der Waals surface area contributed by atoms with Crippen molar-refractivity contribution in [3.63, 3.8) is 0 Å². The summed E-state index contributed by atoms with van der Waals surface area (Å²) in [6.07, 6.45) is 2.13. The molecule has 0 spiro atoms. The number of hydrogen-bond donors (Lipinski definition) is 0. The van der Waals surface area contributed by atoms with E-state index in [-0.39, 0.29) is 0 Å². The van der Waals surface area contributed by atoms with E-state index in [1.165, 1.54) is 17.8 Å². The average molecular weight is 238 g/mol. The van der Waals surface area contributed by atoms with Crippen LogP contribution in [0.1, 0.15) is 35.6 Å². The number of hydrogen-bond acceptors (Lipinski definition) is 4. The average Bonchev–Trinajstić information content (AvgIpc) is 2.64. The molecule has 2 heterocycles. The second kappa shape index (κ2) is 4.53. The van der Waals surface area contributed by atoms with E-state index in [1.807, 2.05) is 6.92 Å². The molecule has 88 valence electrons. The molecule has 3 nitrogen and oxygen atoms in total. The molecule has 1 aliphatic heterocycles. The molecule has 4 heteroatoms. The van der Waals surface area contributed by atoms with Crippen LogP contribution in [-0.2, 0) is 0 Å². The van der Waals surface area contributed by atoms with Crippen LogP contribution in [0.5, 0.6) is 0 Å². The van der Waals surface area contributed by atoms with Gasteiger partial charge in [-0.1, -0.05) is 25.2 Å². The minimum Gasteiger partial charge on any atom is -0.348 e. The van der Waals surface area contributed by atoms with Crippen molar-refractivity contribution in [3.8, 4) is 0 Å². The quantitative estimate of drug-likeness (QED) is 0.743. The second-order valence-corrected chi connectivity index (χ2v) is 5.76. The highest BCUT2D eigenvalue weighted by Gasteiger charge is 2.24. The molecule has 1 aliphatic rings. The van der Waals surface area contributed by atoms with Crippen LogP contribution >= 0.6 is 11.3 Å². The van der Waals surface area contributed by atoms with E-state index in [1.54, 1.807) is 0 Å². The number of thiazole rings is 1. The predicted molar refractivity (Wildman–Crippen MR) is 67.4 cm³/mol. The van der Waals surface area contributed by atoms with Gasteiger partial charge < -0.3 is 4.90 Å². The molecule has 0 N–H and O–H groups in total. The van der Waals surface area contributed by atoms with E-state index >= 15 is 0 Å². The molecule has 1 fully saturated rings. The Morgan fingerprint density at radius 2 is 2.19 bits per heavy atom. The Balaban J connectivity index is 2.15. The fourth-order valence-electron chi connectivity index (χ4n) is 2.07. The summed E-state index contributed by atoms with van der Waals surface area (Å²) >= 11 is 1.52. The molecule has 0 amide bonds. The molecule has 0 radical (unpaired) electrons. The lowest BCUT2D eigenvalue weighted by Crippen LogP contribution is -2.38. The normalized spacial score (nSPS) is 25.8. The lowest BCUT2D eigenvalue weighted by molar-refractivity contribution is 0.112. The van der Waals surface area contributed by atoms with Crippen molar-refractivity contribution in [3.05, 3.63) is 10.6 Å². The van der Waals surface area contributed by atoms with Crippen LogP contribution in [0.2, 0.25) is 0 Å². The molecular weight excluding hydrogens is 220 g/mol. The molecule has 0 aliphatic carbocycles. The number of carbonyl (C=O) groups is 1. The number of anilines is 1. The van der Waals surface area contributed by atoms with E-state index in [4.69, 9.17) is 0 Å². The first-order valence-corrected chi connectivity index (χ1v) is 6.61. The maximum absolute atomic E-state index is 10.8. The maximum Gasteiger partial charge on any atom is 0.186 e. The van der Waals surface area contributed by atoms with E-state index in [2.05, 4.69) is 23.7 Å². The molecule has 2 atom stereocenters. The zero-order valence-corrected chi connectivity index (χ0v) is 10.9. The van der Waals surface area contributed by atoms with Gasteiger partial charge in [-0.15, -0.1) is 0 Å². The first-order chi connectivity index (χ1) is 7.61. The number of nitrogens with zero attached hydrogens (tertiary/aromatic N) is 2. The van der Waals surface area contributed by atoms with Crippen LogP contribution in [0.15, 0.2) is 0 Å². The minimum atomic E-state index is 0.706. The van der Waals surface area contributed by atoms with Crippen LogP contribution in [0.25, 0.3) is 0 Å². The molecule has 16 heavy (non-hydrogen) atoms. The van der Waals surface area contributed by atoms with Gasteiger partial charge in [-0.25, -0.2) is 4.98 Å². The van der Waals surface area contributed by atoms with Gasteiger partial charge in [-0.2, -0.15) is 0 Å². The van der Waals surface area contributed by atoms with Crippen molar-refractivity contribution in [2.24, 2.45) is 11.8 Å². The number of aryl methyl sites for hydroxylation is 1. The standard InChI is InChI=1S/C12H18N2OS/c1-8-4-5-14(6-9(8)2)12-13-10(3)11(7-15)16-12/h7-9H,4-6H2,1-3H3. The molecule has 1 aromatic heterocycles. The van der Waals surface area contributed by atoms with Crippen LogP contribution in [0, 0.1) is 18.8 Å². The second-order valence-electron chi connectivity index (χ2n) is 4.75. The van der Waals surface area contributed by atoms with Gasteiger partial charge in [0.2, 0.25) is 0 Å². The summed E-state index contributed by atoms with van der Waals surface area (Å²) in [6, 6.07) is 0. The monoisotopic (exact) mass is 238 g/mol. The van der Waals surface area contributed by atoms with Gasteiger partial charge in [0, 0.05) is 13.1 Å². The third kappa shape index (κ3) is 2.12. The highest BCUT2D eigenvalue weighted by molar-refractivity contribution is 7.17. The Morgan fingerprint density at radius 1 is 1.44 bits per heavy atom. The third-order valence-electron chi connectivity index (χ3n) is 3.53. The van der Waals surface area contributed by atoms with Crippen molar-refractivity contribution in [2.75, 3.05) is 18.0 Å². The van der Waals surface area contributed by atoms with Crippen LogP contribution in [0.3, 0.4) is 0 Å². The summed E-state index contributed by atoms with van der Waals surface area (Å²) in [4.78, 5) is 18.3. The molecule has 0 bridgehead atoms. The van der Waals surface area contributed by atoms with E-state index in [0.29, 0.717) is 5.92 Å². The minimum absolute atomic E-state index is 0.706. The first-order valence-electron chi connectivity index (χ1n) is 5.79. The summed E-state index contributed by atoms with van der Waals surface area (Å²) in [5, 5.41) is 1.01. The lowest BCUT2D eigenvalue weighted by Gasteiger charge is -2.35. The van der Waals surface area contributed by atoms with Gasteiger partial charge in [0.05, 0.1) is 10.6 Å². The highest BCUT2D eigenvalue weighted by atomic mass is 32.1. The lowest BCUT2D eigenvalue weighted by atomic mass is 9.89. The van der Waals surface area contributed by atoms with Crippen molar-refractivity contribution in [1.82, 2.24) is 4.98 Å². The largest absolute Gasteiger partial charge is 0.348 e. The van der Waals surface area contributed by atoms with Gasteiger partial charge >= 0.3 is 0 Å². The van der Waals surface area contributed by atoms with Crippen LogP contribution < -0.4 is 4.90 Å². The van der Waals surface area contributed by atoms with Gasteiger partial charge in [-0.05, 0) is 25.2 Å². The van der Waals surface area contributed by atoms with Gasteiger partial charge in [0.1, 0.15) is 0 Å². The predicted octanol–water partition coefficient (Wildman–Crippen LogP) is 2.75. The van der Waals surface area contributed by atoms with Crippen molar-refractivity contribution in [2.45, 2.75) is 27.2 Å². The van der Waals surface area contributed by atoms with Crippen molar-refractivity contribution >= 4 is 22.8 Å². The third-order valence-corrected chi connectivity index (χ3v) is 4.68. The maximum atomic E-state index is 10.8. The molecule has 2 rings (SSSR count). The Kier molecular flexibility index (Phi) is 3.28. The smallest absolute Gasteiger partial charge is 0.186 e. The summed E-state index contributed by atoms with van der Waals surface area (Å²) in [5.74, 6) is 1.50. The van der Waals surface area contributed by atoms with Crippen molar-refractivity contribution < 1.29 is 4.79 Å². The Labute approximate surface area is 100 Å². The fourth-order valence-corrected chi connectivity index (χ4v) is 2.99. The summed E-state index contributed by atoms with van der Waals surface area (Å²) in [7, 11) is 0. The molecule has 1 saturated heterocycles. The zero-order valence-electron chi connectivity index (χ0n) is 10.1. The van der Waals surface area contributed by atoms with Crippen molar-refractivity contribution in [1.29, 1.82) is 0 Å². The summed E-state index contributed by atoms with van der Waals surface area (Å²) in [5.41, 5.74) is 0.862. The Morgan fingerprint density at radius 3 is 2.75 bits per heavy atom. The molecule has 0 aromatic carbocycles. The first kappa shape index (κ1) is 11.6. The van der Waals surface area contributed by atoms with Gasteiger partial charge in [0.25, 0.3) is 0 Å².